The third kappa shape index (κ3) is 28.9. The predicted molar refractivity (Wildman–Crippen MR) is 497 cm³/mol. The number of halogens is 6. The van der Waals surface area contributed by atoms with Gasteiger partial charge in [0, 0.05) is 59.7 Å². The van der Waals surface area contributed by atoms with E-state index in [1.54, 1.807) is 58.9 Å². The van der Waals surface area contributed by atoms with Crippen LogP contribution < -0.4 is 28.4 Å². The van der Waals surface area contributed by atoms with E-state index >= 15 is 0 Å². The summed E-state index contributed by atoms with van der Waals surface area (Å²) in [4.78, 5) is 72.4. The molecule has 712 valence electrons. The van der Waals surface area contributed by atoms with Gasteiger partial charge in [-0.3, -0.25) is 28.8 Å². The lowest BCUT2D eigenvalue weighted by molar-refractivity contribution is 0.0904. The zero-order valence-corrected chi connectivity index (χ0v) is 76.6. The second-order valence-corrected chi connectivity index (χ2v) is 32.6. The first kappa shape index (κ1) is 105. The normalized spacial score (nSPS) is 10.7. The minimum atomic E-state index is -1.76. The molecule has 12 N–H and O–H groups in total. The van der Waals surface area contributed by atoms with Crippen molar-refractivity contribution in [1.29, 1.82) is 0 Å². The summed E-state index contributed by atoms with van der Waals surface area (Å²) in [6.07, 6.45) is 0. The van der Waals surface area contributed by atoms with Crippen LogP contribution in [0.3, 0.4) is 0 Å². The van der Waals surface area contributed by atoms with E-state index in [4.69, 9.17) is 23.7 Å². The molecule has 0 aliphatic rings. The zero-order valence-electron chi connectivity index (χ0n) is 76.6. The Bertz CT molecular complexity index is 6440. The van der Waals surface area contributed by atoms with E-state index in [0.717, 1.165) is 66.1 Å². The third-order valence-electron chi connectivity index (χ3n) is 20.8. The molecule has 0 saturated carbocycles. The standard InChI is InChI=1S/C21H18O4.C19H22O4.C18H20O4.C16H12F4O4.C16H14F2O4.C16H16O4/c1-14-11-18(20(23)12-19(14)22)21(24)13-25-17-9-7-16(8-10-17)15-5-3-2-4-6-15;1-12-9-15(17(21)10-16(12)20)18(22)11-23-14-7-5-13(6-8-14)19(2,3)4;1-11(2)13-4-6-14(7-5-13)22-10-18(21)15-8-12(3)16(19)9-17(15)20;1-6-3-8(10(22)4-9(6)21)11(23)5-24-16-14(19)12(17)7(2)13(18)15(16)20;1-8-3-11(15(20)6-14(8)19)16(21)7-22-10-4-12(17)9(2)13(18)5-10;1-10-3-5-12(6-4-10)20-9-16(19)13-7-11(2)14(17)8-15(13)18/h2-12,22-23H,13H2,1H3;5-10,20-21H,11H2,1-4H3;4-9,11,19-20H,10H2,1-3H3;3-4,21-22H,5H2,1-2H3;3-6,19-20H,7H2,1-2H3;3-8,17-18H,9H2,1-2H3. The predicted octanol–water partition coefficient (Wildman–Crippen LogP) is 21.9. The maximum atomic E-state index is 13.7. The maximum absolute atomic E-state index is 13.7. The number of hydrogen-bond donors (Lipinski definition) is 12. The summed E-state index contributed by atoms with van der Waals surface area (Å²) in [5.74, 6) is -12.4. The first-order valence-corrected chi connectivity index (χ1v) is 41.8. The lowest BCUT2D eigenvalue weighted by Gasteiger charge is -2.19. The minimum Gasteiger partial charge on any atom is -0.508 e. The first-order chi connectivity index (χ1) is 64.0. The zero-order chi connectivity index (χ0) is 101. The number of carbonyl (C=O) groups is 6. The number of carbonyl (C=O) groups excluding carboxylic acids is 6. The van der Waals surface area contributed by atoms with Crippen LogP contribution >= 0.6 is 0 Å². The number of phenols is 12. The highest BCUT2D eigenvalue weighted by atomic mass is 19.2. The molecule has 13 aromatic rings. The van der Waals surface area contributed by atoms with Crippen molar-refractivity contribution in [2.45, 2.75) is 108 Å². The molecule has 0 amide bonds. The lowest BCUT2D eigenvalue weighted by Crippen LogP contribution is -2.15. The van der Waals surface area contributed by atoms with E-state index < -0.39 is 82.5 Å². The van der Waals surface area contributed by atoms with Crippen molar-refractivity contribution in [1.82, 2.24) is 0 Å². The van der Waals surface area contributed by atoms with E-state index in [9.17, 15) is 116 Å². The summed E-state index contributed by atoms with van der Waals surface area (Å²) in [5, 5.41) is 115. The fraction of sp³-hybridized carbons (Fsp3) is 0.208. The molecular formula is C106H102F6O24. The number of rotatable bonds is 26. The van der Waals surface area contributed by atoms with Crippen LogP contribution in [-0.2, 0) is 5.41 Å². The highest BCUT2D eigenvalue weighted by molar-refractivity contribution is 6.03. The Morgan fingerprint density at radius 2 is 0.515 bits per heavy atom. The number of phenolic OH excluding ortho intramolecular Hbond substituents is 12. The summed E-state index contributed by atoms with van der Waals surface area (Å²) in [6.45, 7) is 22.2. The van der Waals surface area contributed by atoms with Crippen molar-refractivity contribution in [3.8, 4) is 115 Å². The van der Waals surface area contributed by atoms with Crippen molar-refractivity contribution in [3.05, 3.63) is 342 Å². The van der Waals surface area contributed by atoms with Gasteiger partial charge in [-0.25, -0.2) is 17.6 Å². The molecule has 13 aromatic carbocycles. The van der Waals surface area contributed by atoms with E-state index in [0.29, 0.717) is 56.7 Å². The Kier molecular flexibility index (Phi) is 36.6. The van der Waals surface area contributed by atoms with Crippen molar-refractivity contribution < 1.29 is 145 Å². The maximum Gasteiger partial charge on any atom is 0.204 e. The summed E-state index contributed by atoms with van der Waals surface area (Å²) in [6, 6.07) is 56.8. The number of benzene rings is 13. The van der Waals surface area contributed by atoms with Crippen molar-refractivity contribution >= 4 is 34.7 Å². The number of Topliss-reactive ketones (excluding diaryl/α,β-unsaturated/α-hetero) is 6. The molecule has 0 atom stereocenters. The van der Waals surface area contributed by atoms with Gasteiger partial charge in [0.25, 0.3) is 0 Å². The van der Waals surface area contributed by atoms with E-state index in [1.165, 1.54) is 67.4 Å². The Morgan fingerprint density at radius 1 is 0.272 bits per heavy atom. The number of hydrogen-bond acceptors (Lipinski definition) is 24. The highest BCUT2D eigenvalue weighted by Gasteiger charge is 2.28. The molecule has 0 radical (unpaired) electrons. The molecule has 0 heterocycles. The highest BCUT2D eigenvalue weighted by Crippen LogP contribution is 2.37. The van der Waals surface area contributed by atoms with E-state index in [2.05, 4.69) is 39.4 Å². The van der Waals surface area contributed by atoms with Crippen LogP contribution in [0.5, 0.6) is 103 Å². The number of ketones is 6. The van der Waals surface area contributed by atoms with E-state index in [1.807, 2.05) is 110 Å². The van der Waals surface area contributed by atoms with Gasteiger partial charge in [-0.05, 0) is 214 Å². The van der Waals surface area contributed by atoms with Crippen LogP contribution in [0.15, 0.2) is 212 Å². The van der Waals surface area contributed by atoms with Gasteiger partial charge in [0.2, 0.25) is 46.3 Å². The molecule has 0 bridgehead atoms. The Hall–Kier alpha value is -16.1. The number of ether oxygens (including phenoxy) is 6. The van der Waals surface area contributed by atoms with Gasteiger partial charge in [-0.2, -0.15) is 8.78 Å². The second-order valence-electron chi connectivity index (χ2n) is 32.6. The smallest absolute Gasteiger partial charge is 0.204 e. The fourth-order valence-electron chi connectivity index (χ4n) is 12.4. The van der Waals surface area contributed by atoms with Crippen LogP contribution in [0.4, 0.5) is 26.3 Å². The van der Waals surface area contributed by atoms with Crippen LogP contribution in [0.1, 0.15) is 164 Å². The molecule has 0 unspecified atom stereocenters. The molecular weight excluding hydrogens is 1770 g/mol. The monoisotopic (exact) mass is 1870 g/mol. The Morgan fingerprint density at radius 3 is 0.787 bits per heavy atom. The molecule has 0 aliphatic heterocycles. The first-order valence-electron chi connectivity index (χ1n) is 41.8. The molecule has 30 heteroatoms. The molecule has 0 aliphatic carbocycles. The summed E-state index contributed by atoms with van der Waals surface area (Å²) >= 11 is 0. The largest absolute Gasteiger partial charge is 0.508 e. The van der Waals surface area contributed by atoms with Crippen LogP contribution in [-0.4, -0.2) is 136 Å². The third-order valence-corrected chi connectivity index (χ3v) is 20.8. The van der Waals surface area contributed by atoms with Gasteiger partial charge in [0.05, 0.1) is 33.4 Å². The topological polar surface area (TPSA) is 401 Å². The summed E-state index contributed by atoms with van der Waals surface area (Å²) in [5.41, 5.74) is 7.77. The van der Waals surface area contributed by atoms with Crippen LogP contribution in [0, 0.1) is 97.2 Å². The molecule has 24 nitrogen and oxygen atoms in total. The minimum absolute atomic E-state index is 0.0386. The molecule has 0 spiro atoms. The Labute approximate surface area is 780 Å². The van der Waals surface area contributed by atoms with Crippen LogP contribution in [0.2, 0.25) is 0 Å². The van der Waals surface area contributed by atoms with Gasteiger partial charge in [-0.15, -0.1) is 0 Å². The molecule has 0 aromatic heterocycles. The molecule has 0 saturated heterocycles. The SMILES string of the molecule is Cc1cc(C(=O)COc2c(F)c(F)c(C)c(F)c2F)c(O)cc1O.Cc1cc(C(=O)COc2cc(F)c(C)c(F)c2)c(O)cc1O.Cc1cc(C(=O)COc2ccc(-c3ccccc3)cc2)c(O)cc1O.Cc1cc(C(=O)COc2ccc(C(C)(C)C)cc2)c(O)cc1O.Cc1cc(C(=O)COc2ccc(C(C)C)cc2)c(O)cc1O.Cc1ccc(OCC(=O)c2cc(C)c(O)cc2O)cc1. The van der Waals surface area contributed by atoms with Crippen LogP contribution in [0.25, 0.3) is 11.1 Å². The summed E-state index contributed by atoms with van der Waals surface area (Å²) in [7, 11) is 0. The fourth-order valence-corrected chi connectivity index (χ4v) is 12.4. The van der Waals surface area contributed by atoms with Gasteiger partial charge in [0.1, 0.15) is 109 Å². The molecule has 13 rings (SSSR count). The number of aryl methyl sites for hydroxylation is 7. The number of aromatic hydroxyl groups is 12. The van der Waals surface area contributed by atoms with Gasteiger partial charge < -0.3 is 89.7 Å². The van der Waals surface area contributed by atoms with Gasteiger partial charge >= 0.3 is 0 Å². The van der Waals surface area contributed by atoms with Crippen molar-refractivity contribution in [2.75, 3.05) is 39.6 Å². The molecule has 136 heavy (non-hydrogen) atoms. The lowest BCUT2D eigenvalue weighted by atomic mass is 9.87. The second kappa shape index (κ2) is 47.3. The summed E-state index contributed by atoms with van der Waals surface area (Å²) < 4.78 is 112. The average Bonchev–Trinajstić information content (AvgIpc) is 0.788. The van der Waals surface area contributed by atoms with Crippen molar-refractivity contribution in [3.63, 3.8) is 0 Å². The quantitative estimate of drug-likeness (QED) is 0.0136. The van der Waals surface area contributed by atoms with Gasteiger partial charge in [-0.1, -0.05) is 119 Å². The Balaban J connectivity index is 0.000000201. The van der Waals surface area contributed by atoms with Gasteiger partial charge in [0.15, 0.2) is 57.0 Å². The van der Waals surface area contributed by atoms with E-state index in [-0.39, 0.29) is 163 Å². The molecule has 0 fully saturated rings. The van der Waals surface area contributed by atoms with Crippen molar-refractivity contribution in [2.24, 2.45) is 0 Å². The average molecular weight is 1870 g/mol.